The van der Waals surface area contributed by atoms with Gasteiger partial charge in [-0.05, 0) is 45.0 Å². The Kier molecular flexibility index (Phi) is 5.32. The van der Waals surface area contributed by atoms with Gasteiger partial charge in [0.1, 0.15) is 11.2 Å². The molecule has 0 spiro atoms. The molecule has 4 rings (SSSR count). The number of pyridine rings is 1. The van der Waals surface area contributed by atoms with Crippen molar-refractivity contribution < 1.29 is 14.7 Å². The van der Waals surface area contributed by atoms with Gasteiger partial charge in [-0.15, -0.1) is 0 Å². The van der Waals surface area contributed by atoms with Crippen LogP contribution in [0.3, 0.4) is 0 Å². The number of hydrogen-bond donors (Lipinski definition) is 2. The maximum Gasteiger partial charge on any atom is 0.258 e. The first-order valence-electron chi connectivity index (χ1n) is 10.6. The van der Waals surface area contributed by atoms with E-state index in [0.29, 0.717) is 17.0 Å². The van der Waals surface area contributed by atoms with Gasteiger partial charge in [-0.3, -0.25) is 4.98 Å². The second kappa shape index (κ2) is 7.62. The molecule has 0 bridgehead atoms. The van der Waals surface area contributed by atoms with Gasteiger partial charge >= 0.3 is 0 Å². The van der Waals surface area contributed by atoms with Gasteiger partial charge in [-0.2, -0.15) is 4.98 Å². The summed E-state index contributed by atoms with van der Waals surface area (Å²) in [5.74, 6) is 0.434. The number of nitrogens with zero attached hydrogens (tertiary/aromatic N) is 4. The van der Waals surface area contributed by atoms with Crippen LogP contribution >= 0.6 is 0 Å². The van der Waals surface area contributed by atoms with Crippen molar-refractivity contribution in [3.63, 3.8) is 0 Å². The summed E-state index contributed by atoms with van der Waals surface area (Å²) < 4.78 is 5.23. The lowest BCUT2D eigenvalue weighted by atomic mass is 9.62. The highest BCUT2D eigenvalue weighted by Gasteiger charge is 2.55. The smallest absolute Gasteiger partial charge is 0.258 e. The minimum Gasteiger partial charge on any atom is -0.381 e. The summed E-state index contributed by atoms with van der Waals surface area (Å²) in [7, 11) is 2.04. The molecule has 1 aliphatic rings. The minimum atomic E-state index is -1.28. The van der Waals surface area contributed by atoms with Crippen molar-refractivity contribution in [1.29, 1.82) is 0 Å². The molecule has 0 unspecified atom stereocenters. The van der Waals surface area contributed by atoms with E-state index in [1.807, 2.05) is 44.3 Å². The number of benzene rings is 1. The molecule has 7 nitrogen and oxygen atoms in total. The van der Waals surface area contributed by atoms with Crippen molar-refractivity contribution >= 4 is 5.57 Å². The van der Waals surface area contributed by atoms with Crippen LogP contribution in [0.4, 0.5) is 0 Å². The molecular formula is C25H30N4O3. The summed E-state index contributed by atoms with van der Waals surface area (Å²) >= 11 is 0. The largest absolute Gasteiger partial charge is 0.381 e. The van der Waals surface area contributed by atoms with Crippen LogP contribution in [0.25, 0.3) is 17.0 Å². The molecule has 1 saturated heterocycles. The average molecular weight is 435 g/mol. The zero-order chi connectivity index (χ0) is 23.3. The van der Waals surface area contributed by atoms with Crippen molar-refractivity contribution in [3.05, 3.63) is 71.9 Å². The van der Waals surface area contributed by atoms with Gasteiger partial charge in [0, 0.05) is 42.0 Å². The van der Waals surface area contributed by atoms with Gasteiger partial charge in [-0.1, -0.05) is 48.5 Å². The van der Waals surface area contributed by atoms with E-state index in [1.54, 1.807) is 26.2 Å². The molecule has 3 heterocycles. The predicted molar refractivity (Wildman–Crippen MR) is 123 cm³/mol. The molecule has 1 aromatic carbocycles. The van der Waals surface area contributed by atoms with Gasteiger partial charge in [-0.25, -0.2) is 0 Å². The number of allylic oxidation sites excluding steroid dienone is 1. The Labute approximate surface area is 188 Å². The van der Waals surface area contributed by atoms with Gasteiger partial charge in [0.25, 0.3) is 5.89 Å². The van der Waals surface area contributed by atoms with E-state index >= 15 is 0 Å². The van der Waals surface area contributed by atoms with Gasteiger partial charge in [0.2, 0.25) is 5.82 Å². The maximum absolute atomic E-state index is 12.3. The van der Waals surface area contributed by atoms with Crippen LogP contribution < -0.4 is 0 Å². The molecule has 32 heavy (non-hydrogen) atoms. The molecule has 0 amide bonds. The Bertz CT molecular complexity index is 1140. The van der Waals surface area contributed by atoms with Crippen molar-refractivity contribution in [1.82, 2.24) is 20.0 Å². The third-order valence-corrected chi connectivity index (χ3v) is 6.27. The summed E-state index contributed by atoms with van der Waals surface area (Å²) in [4.78, 5) is 10.9. The van der Waals surface area contributed by atoms with E-state index in [-0.39, 0.29) is 5.89 Å². The fourth-order valence-corrected chi connectivity index (χ4v) is 4.58. The van der Waals surface area contributed by atoms with Crippen molar-refractivity contribution in [2.45, 2.75) is 38.9 Å². The Morgan fingerprint density at radius 3 is 2.31 bits per heavy atom. The summed E-state index contributed by atoms with van der Waals surface area (Å²) in [6.45, 7) is 12.7. The number of hydrogen-bond acceptors (Lipinski definition) is 7. The molecule has 0 saturated carbocycles. The Morgan fingerprint density at radius 2 is 1.78 bits per heavy atom. The first kappa shape index (κ1) is 22.3. The van der Waals surface area contributed by atoms with Crippen LogP contribution in [0.2, 0.25) is 0 Å². The van der Waals surface area contributed by atoms with Gasteiger partial charge < -0.3 is 19.6 Å². The van der Waals surface area contributed by atoms with Crippen LogP contribution in [0.15, 0.2) is 53.8 Å². The first-order valence-corrected chi connectivity index (χ1v) is 10.6. The SMILES string of the molecule is C=C(C)c1ccc([C@](O)(c2cncc(-c3noc(C(C)(C)O)n3)c2)C2(C)CN(C)C2)cc1. The van der Waals surface area contributed by atoms with E-state index in [4.69, 9.17) is 4.52 Å². The fraction of sp³-hybridized carbons (Fsp3) is 0.400. The number of aromatic nitrogens is 3. The lowest BCUT2D eigenvalue weighted by Crippen LogP contribution is -2.63. The van der Waals surface area contributed by atoms with Crippen LogP contribution in [-0.2, 0) is 11.2 Å². The normalized spacial score (nSPS) is 18.1. The zero-order valence-corrected chi connectivity index (χ0v) is 19.3. The quantitative estimate of drug-likeness (QED) is 0.612. The average Bonchev–Trinajstić information content (AvgIpc) is 3.23. The van der Waals surface area contributed by atoms with Crippen LogP contribution in [0.1, 0.15) is 50.3 Å². The zero-order valence-electron chi connectivity index (χ0n) is 19.3. The predicted octanol–water partition coefficient (Wildman–Crippen LogP) is 3.58. The summed E-state index contributed by atoms with van der Waals surface area (Å²) in [6, 6.07) is 9.74. The molecule has 2 N–H and O–H groups in total. The summed E-state index contributed by atoms with van der Waals surface area (Å²) in [5.41, 5.74) is 1.12. The number of rotatable bonds is 6. The third kappa shape index (κ3) is 3.66. The Balaban J connectivity index is 1.81. The van der Waals surface area contributed by atoms with Crippen LogP contribution in [0, 0.1) is 5.41 Å². The van der Waals surface area contributed by atoms with Crippen molar-refractivity contribution in [2.75, 3.05) is 20.1 Å². The second-order valence-corrected chi connectivity index (χ2v) is 9.75. The fourth-order valence-electron chi connectivity index (χ4n) is 4.58. The van der Waals surface area contributed by atoms with E-state index < -0.39 is 16.6 Å². The van der Waals surface area contributed by atoms with Crippen molar-refractivity contribution in [2.24, 2.45) is 5.41 Å². The van der Waals surface area contributed by atoms with Gasteiger partial charge in [0.15, 0.2) is 0 Å². The number of likely N-dealkylation sites (tertiary alicyclic amines) is 1. The number of aliphatic hydroxyl groups is 2. The maximum atomic E-state index is 12.3. The van der Waals surface area contributed by atoms with E-state index in [0.717, 1.165) is 29.8 Å². The van der Waals surface area contributed by atoms with Crippen LogP contribution in [-0.4, -0.2) is 50.4 Å². The molecule has 1 aliphatic heterocycles. The molecule has 3 aromatic rings. The second-order valence-electron chi connectivity index (χ2n) is 9.75. The van der Waals surface area contributed by atoms with Crippen LogP contribution in [0.5, 0.6) is 0 Å². The molecule has 0 radical (unpaired) electrons. The highest BCUT2D eigenvalue weighted by molar-refractivity contribution is 5.62. The molecule has 2 aromatic heterocycles. The summed E-state index contributed by atoms with van der Waals surface area (Å²) in [6.07, 6.45) is 3.32. The molecule has 168 valence electrons. The van der Waals surface area contributed by atoms with E-state index in [1.165, 1.54) is 0 Å². The lowest BCUT2D eigenvalue weighted by Gasteiger charge is -2.55. The van der Waals surface area contributed by atoms with Gasteiger partial charge in [0.05, 0.1) is 0 Å². The highest BCUT2D eigenvalue weighted by Crippen LogP contribution is 2.50. The standard InChI is InChI=1S/C25H30N4O3/c1-16(2)17-7-9-19(10-8-17)25(31,24(5)14-29(6)15-24)20-11-18(12-26-13-20)21-27-22(32-28-21)23(3,4)30/h7-13,30-31H,1,14-15H2,2-6H3/t25-/m0/s1. The molecule has 1 atom stereocenters. The topological polar surface area (TPSA) is 95.5 Å². The lowest BCUT2D eigenvalue weighted by molar-refractivity contribution is -0.127. The highest BCUT2D eigenvalue weighted by atomic mass is 16.5. The van der Waals surface area contributed by atoms with Crippen molar-refractivity contribution in [3.8, 4) is 11.4 Å². The van der Waals surface area contributed by atoms with E-state index in [2.05, 4.69) is 33.5 Å². The third-order valence-electron chi connectivity index (χ3n) is 6.27. The Hall–Kier alpha value is -2.87. The molecule has 7 heteroatoms. The van der Waals surface area contributed by atoms with E-state index in [9.17, 15) is 10.2 Å². The minimum absolute atomic E-state index is 0.121. The first-order chi connectivity index (χ1) is 14.9. The monoisotopic (exact) mass is 434 g/mol. The summed E-state index contributed by atoms with van der Waals surface area (Å²) in [5, 5.41) is 26.4. The molecule has 1 fully saturated rings. The molecular weight excluding hydrogens is 404 g/mol. The Morgan fingerprint density at radius 1 is 1.12 bits per heavy atom. The molecule has 0 aliphatic carbocycles.